The second-order valence-electron chi connectivity index (χ2n) is 5.60. The summed E-state index contributed by atoms with van der Waals surface area (Å²) in [5.41, 5.74) is 6.39. The summed E-state index contributed by atoms with van der Waals surface area (Å²) >= 11 is 0. The summed E-state index contributed by atoms with van der Waals surface area (Å²) in [6.45, 7) is 3.79. The van der Waals surface area contributed by atoms with E-state index in [1.807, 2.05) is 31.1 Å². The molecule has 0 saturated carbocycles. The van der Waals surface area contributed by atoms with Gasteiger partial charge in [0.2, 0.25) is 0 Å². The molecule has 6 nitrogen and oxygen atoms in total. The van der Waals surface area contributed by atoms with Crippen LogP contribution in [0.1, 0.15) is 6.42 Å². The first-order valence-corrected chi connectivity index (χ1v) is 8.90. The summed E-state index contributed by atoms with van der Waals surface area (Å²) in [7, 11) is -0.245. The van der Waals surface area contributed by atoms with Crippen LogP contribution in [0.25, 0.3) is 10.8 Å². The third-order valence-corrected chi connectivity index (χ3v) is 5.01. The maximum Gasteiger partial charge on any atom is 0.264 e. The van der Waals surface area contributed by atoms with Crippen molar-refractivity contribution in [2.24, 2.45) is 5.73 Å². The molecule has 2 rings (SSSR count). The van der Waals surface area contributed by atoms with Crippen LogP contribution in [0.4, 0.5) is 5.69 Å². The lowest BCUT2D eigenvalue weighted by Gasteiger charge is -2.17. The van der Waals surface area contributed by atoms with Gasteiger partial charge in [-0.3, -0.25) is 4.79 Å². The van der Waals surface area contributed by atoms with E-state index >= 15 is 0 Å². The largest absolute Gasteiger partial charge is 0.377 e. The van der Waals surface area contributed by atoms with Crippen LogP contribution >= 0.6 is 0 Å². The van der Waals surface area contributed by atoms with Gasteiger partial charge in [-0.1, -0.05) is 30.8 Å². The Kier molecular flexibility index (Phi) is 5.26. The molecule has 1 amide bonds. The van der Waals surface area contributed by atoms with E-state index in [0.29, 0.717) is 5.39 Å². The first-order valence-electron chi connectivity index (χ1n) is 7.42. The van der Waals surface area contributed by atoms with Gasteiger partial charge in [-0.25, -0.2) is 13.1 Å². The van der Waals surface area contributed by atoms with Crippen LogP contribution < -0.4 is 15.4 Å². The molecule has 0 radical (unpaired) electrons. The van der Waals surface area contributed by atoms with Crippen molar-refractivity contribution in [3.63, 3.8) is 0 Å². The number of carbonyl (C=O) groups excluding carboxylic acids is 1. The number of benzene rings is 2. The average Bonchev–Trinajstić information content (AvgIpc) is 2.53. The molecular weight excluding hydrogens is 326 g/mol. The molecule has 0 bridgehead atoms. The van der Waals surface area contributed by atoms with Gasteiger partial charge in [-0.2, -0.15) is 0 Å². The fraction of sp³-hybridized carbons (Fsp3) is 0.235. The van der Waals surface area contributed by atoms with Gasteiger partial charge in [0.1, 0.15) is 0 Å². The van der Waals surface area contributed by atoms with Gasteiger partial charge in [-0.05, 0) is 25.1 Å². The second-order valence-corrected chi connectivity index (χ2v) is 7.25. The molecule has 2 aromatic carbocycles. The average molecular weight is 347 g/mol. The minimum Gasteiger partial charge on any atom is -0.377 e. The molecule has 128 valence electrons. The van der Waals surface area contributed by atoms with Gasteiger partial charge in [0, 0.05) is 36.1 Å². The third kappa shape index (κ3) is 3.58. The Morgan fingerprint density at radius 1 is 1.17 bits per heavy atom. The lowest BCUT2D eigenvalue weighted by atomic mass is 10.1. The zero-order valence-corrected chi connectivity index (χ0v) is 14.6. The third-order valence-electron chi connectivity index (χ3n) is 3.62. The monoisotopic (exact) mass is 347 g/mol. The van der Waals surface area contributed by atoms with Crippen LogP contribution in [0.3, 0.4) is 0 Å². The zero-order valence-electron chi connectivity index (χ0n) is 13.7. The quantitative estimate of drug-likeness (QED) is 0.775. The van der Waals surface area contributed by atoms with E-state index in [9.17, 15) is 13.2 Å². The second kappa shape index (κ2) is 7.02. The number of amides is 1. The first kappa shape index (κ1) is 18.0. The van der Waals surface area contributed by atoms with E-state index in [1.165, 1.54) is 6.07 Å². The molecule has 0 atom stereocenters. The van der Waals surface area contributed by atoms with Crippen molar-refractivity contribution < 1.29 is 13.2 Å². The Labute approximate surface area is 142 Å². The predicted molar refractivity (Wildman–Crippen MR) is 96.4 cm³/mol. The van der Waals surface area contributed by atoms with Crippen molar-refractivity contribution in [3.8, 4) is 0 Å². The van der Waals surface area contributed by atoms with Crippen molar-refractivity contribution >= 4 is 32.4 Å². The molecule has 0 heterocycles. The molecule has 0 spiro atoms. The predicted octanol–water partition coefficient (Wildman–Crippen LogP) is 1.62. The van der Waals surface area contributed by atoms with Crippen molar-refractivity contribution in [3.05, 3.63) is 48.6 Å². The number of nitrogens with one attached hydrogen (secondary N) is 1. The molecule has 24 heavy (non-hydrogen) atoms. The summed E-state index contributed by atoms with van der Waals surface area (Å²) < 4.78 is 27.3. The van der Waals surface area contributed by atoms with Gasteiger partial charge >= 0.3 is 0 Å². The molecule has 0 aliphatic rings. The minimum absolute atomic E-state index is 0.0533. The van der Waals surface area contributed by atoms with Crippen molar-refractivity contribution in [1.82, 2.24) is 4.72 Å². The smallest absolute Gasteiger partial charge is 0.264 e. The van der Waals surface area contributed by atoms with Crippen LogP contribution in [0.15, 0.2) is 53.4 Å². The molecule has 0 aliphatic carbocycles. The van der Waals surface area contributed by atoms with Crippen molar-refractivity contribution in [2.75, 3.05) is 25.5 Å². The van der Waals surface area contributed by atoms with Crippen LogP contribution in [0.2, 0.25) is 0 Å². The Balaban J connectivity index is 2.50. The van der Waals surface area contributed by atoms with E-state index in [0.717, 1.165) is 11.1 Å². The molecule has 0 unspecified atom stereocenters. The minimum atomic E-state index is -4.01. The SMILES string of the molecule is C=C(CCN)C(=O)NS(=O)(=O)c1cccc2c(N(C)C)cccc12. The lowest BCUT2D eigenvalue weighted by Crippen LogP contribution is -2.32. The van der Waals surface area contributed by atoms with E-state index in [2.05, 4.69) is 11.3 Å². The molecule has 0 aromatic heterocycles. The van der Waals surface area contributed by atoms with E-state index in [4.69, 9.17) is 5.73 Å². The van der Waals surface area contributed by atoms with Gasteiger partial charge in [0.15, 0.2) is 0 Å². The number of sulfonamides is 1. The van der Waals surface area contributed by atoms with E-state index in [1.54, 1.807) is 18.2 Å². The normalized spacial score (nSPS) is 11.3. The summed E-state index contributed by atoms with van der Waals surface area (Å²) in [5, 5.41) is 1.34. The number of anilines is 1. The molecular formula is C17H21N3O3S. The van der Waals surface area contributed by atoms with Gasteiger partial charge in [0.05, 0.1) is 4.90 Å². The van der Waals surface area contributed by atoms with E-state index < -0.39 is 15.9 Å². The molecule has 0 fully saturated rings. The number of carbonyl (C=O) groups is 1. The molecule has 3 N–H and O–H groups in total. The lowest BCUT2D eigenvalue weighted by molar-refractivity contribution is -0.115. The highest BCUT2D eigenvalue weighted by Crippen LogP contribution is 2.30. The highest BCUT2D eigenvalue weighted by atomic mass is 32.2. The fourth-order valence-electron chi connectivity index (χ4n) is 2.43. The first-order chi connectivity index (χ1) is 11.3. The molecule has 2 aromatic rings. The molecule has 0 aliphatic heterocycles. The number of hydrogen-bond acceptors (Lipinski definition) is 5. The van der Waals surface area contributed by atoms with Crippen LogP contribution in [0, 0.1) is 0 Å². The maximum absolute atomic E-state index is 12.6. The van der Waals surface area contributed by atoms with Gasteiger partial charge in [0.25, 0.3) is 15.9 Å². The van der Waals surface area contributed by atoms with Crippen LogP contribution in [-0.4, -0.2) is 35.0 Å². The van der Waals surface area contributed by atoms with Gasteiger partial charge < -0.3 is 10.6 Å². The summed E-state index contributed by atoms with van der Waals surface area (Å²) in [6.07, 6.45) is 0.238. The maximum atomic E-state index is 12.6. The van der Waals surface area contributed by atoms with Crippen molar-refractivity contribution in [2.45, 2.75) is 11.3 Å². The standard InChI is InChI=1S/C17H21N3O3S/c1-12(10-11-18)17(21)19-24(22,23)16-9-5-6-13-14(16)7-4-8-15(13)20(2)3/h4-9H,1,10-11,18H2,2-3H3,(H,19,21). The Hall–Kier alpha value is -2.38. The Morgan fingerprint density at radius 2 is 1.79 bits per heavy atom. The summed E-state index contributed by atoms with van der Waals surface area (Å²) in [4.78, 5) is 13.9. The topological polar surface area (TPSA) is 92.5 Å². The Bertz CT molecular complexity index is 889. The number of rotatable bonds is 6. The van der Waals surface area contributed by atoms with Crippen LogP contribution in [0.5, 0.6) is 0 Å². The van der Waals surface area contributed by atoms with Crippen LogP contribution in [-0.2, 0) is 14.8 Å². The number of nitrogens with zero attached hydrogens (tertiary/aromatic N) is 1. The summed E-state index contributed by atoms with van der Waals surface area (Å²) in [5.74, 6) is -0.735. The van der Waals surface area contributed by atoms with E-state index in [-0.39, 0.29) is 23.4 Å². The highest BCUT2D eigenvalue weighted by Gasteiger charge is 2.22. The molecule has 0 saturated heterocycles. The number of hydrogen-bond donors (Lipinski definition) is 2. The number of fused-ring (bicyclic) bond motifs is 1. The molecule has 7 heteroatoms. The summed E-state index contributed by atoms with van der Waals surface area (Å²) in [6, 6.07) is 10.4. The Morgan fingerprint density at radius 3 is 2.42 bits per heavy atom. The fourth-order valence-corrected chi connectivity index (χ4v) is 3.65. The highest BCUT2D eigenvalue weighted by molar-refractivity contribution is 7.90. The zero-order chi connectivity index (χ0) is 17.9. The number of nitrogens with two attached hydrogens (primary N) is 1. The van der Waals surface area contributed by atoms with Crippen molar-refractivity contribution in [1.29, 1.82) is 0 Å². The van der Waals surface area contributed by atoms with Gasteiger partial charge in [-0.15, -0.1) is 0 Å².